The van der Waals surface area contributed by atoms with E-state index in [-0.39, 0.29) is 27.9 Å². The predicted octanol–water partition coefficient (Wildman–Crippen LogP) is 4.93. The first kappa shape index (κ1) is 26.5. The number of hydrogen-bond donors (Lipinski definition) is 3. The van der Waals surface area contributed by atoms with Gasteiger partial charge in [-0.2, -0.15) is 8.42 Å². The summed E-state index contributed by atoms with van der Waals surface area (Å²) in [5.41, 5.74) is 8.78. The smallest absolute Gasteiger partial charge is 0.294 e. The molecule has 1 atom stereocenters. The zero-order chi connectivity index (χ0) is 24.8. The minimum absolute atomic E-state index is 0.0243. The highest BCUT2D eigenvalue weighted by Gasteiger charge is 2.33. The topological polar surface area (TPSA) is 130 Å². The lowest BCUT2D eigenvalue weighted by Crippen LogP contribution is -2.23. The molecule has 2 aromatic carbocycles. The van der Waals surface area contributed by atoms with Crippen LogP contribution in [0.3, 0.4) is 0 Å². The summed E-state index contributed by atoms with van der Waals surface area (Å²) in [5, 5.41) is 9.16. The summed E-state index contributed by atoms with van der Waals surface area (Å²) in [6.45, 7) is 7.97. The Kier molecular flexibility index (Phi) is 8.80. The molecular formula is C25H34N2O5S. The molecular weight excluding hydrogens is 440 g/mol. The van der Waals surface area contributed by atoms with Crippen LogP contribution in [0, 0.1) is 5.92 Å². The summed E-state index contributed by atoms with van der Waals surface area (Å²) in [5.74, 6) is 0.0483. The van der Waals surface area contributed by atoms with Gasteiger partial charge in [0.2, 0.25) is 5.91 Å². The van der Waals surface area contributed by atoms with Crippen LogP contribution in [0.4, 0.5) is 5.69 Å². The second kappa shape index (κ2) is 10.9. The molecule has 1 unspecified atom stereocenters. The fourth-order valence-corrected chi connectivity index (χ4v) is 4.18. The molecule has 0 saturated heterocycles. The van der Waals surface area contributed by atoms with Crippen LogP contribution in [-0.2, 0) is 26.7 Å². The number of hydrogen-bond acceptors (Lipinski definition) is 5. The van der Waals surface area contributed by atoms with E-state index in [1.807, 2.05) is 32.9 Å². The second-order valence-corrected chi connectivity index (χ2v) is 10.3. The molecule has 1 amide bonds. The maximum Gasteiger partial charge on any atom is 0.294 e. The average molecular weight is 475 g/mol. The summed E-state index contributed by atoms with van der Waals surface area (Å²) in [4.78, 5) is 15.6. The van der Waals surface area contributed by atoms with Gasteiger partial charge < -0.3 is 10.8 Å². The Bertz CT molecular complexity index is 1110. The van der Waals surface area contributed by atoms with Gasteiger partial charge in [-0.3, -0.25) is 14.3 Å². The third kappa shape index (κ3) is 7.14. The number of nitrogens with zero attached hydrogens (tertiary/aromatic N) is 1. The molecule has 0 fully saturated rings. The highest BCUT2D eigenvalue weighted by Crippen LogP contribution is 2.40. The standard InChI is InChI=1S/C14H21NO2.C11H13NO3S/c1-2-3-4-12(14(15)17)8-5-11-6-9-13(16)10-7-11;1-7-11(2,3)9-6-8(16(13,14)15)4-5-10(9)12-7/h6-7,9-10,12,16H,2-5,8H2,1H3,(H2,15,17);4-6H,1-3H3,(H,13,14,15). The van der Waals surface area contributed by atoms with Gasteiger partial charge in [0.1, 0.15) is 5.75 Å². The molecule has 4 N–H and O–H groups in total. The van der Waals surface area contributed by atoms with E-state index in [0.29, 0.717) is 0 Å². The quantitative estimate of drug-likeness (QED) is 0.467. The lowest BCUT2D eigenvalue weighted by atomic mass is 9.82. The molecule has 0 saturated carbocycles. The van der Waals surface area contributed by atoms with E-state index in [2.05, 4.69) is 11.9 Å². The summed E-state index contributed by atoms with van der Waals surface area (Å²) < 4.78 is 31.1. The number of aromatic hydroxyl groups is 1. The van der Waals surface area contributed by atoms with Gasteiger partial charge >= 0.3 is 0 Å². The van der Waals surface area contributed by atoms with Crippen LogP contribution in [0.5, 0.6) is 5.75 Å². The maximum atomic E-state index is 11.3. The highest BCUT2D eigenvalue weighted by molar-refractivity contribution is 7.85. The zero-order valence-corrected chi connectivity index (χ0v) is 20.5. The largest absolute Gasteiger partial charge is 0.508 e. The number of nitrogens with two attached hydrogens (primary N) is 1. The number of primary amides is 1. The van der Waals surface area contributed by atoms with Gasteiger partial charge in [0.15, 0.2) is 0 Å². The number of carbonyl (C=O) groups excluding carboxylic acids is 1. The number of aryl methyl sites for hydroxylation is 1. The van der Waals surface area contributed by atoms with Crippen molar-refractivity contribution in [3.63, 3.8) is 0 Å². The normalized spacial score (nSPS) is 15.1. The molecule has 33 heavy (non-hydrogen) atoms. The number of carbonyl (C=O) groups is 1. The summed E-state index contributed by atoms with van der Waals surface area (Å²) >= 11 is 0. The van der Waals surface area contributed by atoms with Crippen molar-refractivity contribution < 1.29 is 22.9 Å². The van der Waals surface area contributed by atoms with Gasteiger partial charge in [-0.15, -0.1) is 0 Å². The summed E-state index contributed by atoms with van der Waals surface area (Å²) in [6, 6.07) is 11.6. The molecule has 0 aromatic heterocycles. The summed E-state index contributed by atoms with van der Waals surface area (Å²) in [7, 11) is -4.14. The van der Waals surface area contributed by atoms with Crippen LogP contribution in [0.15, 0.2) is 52.4 Å². The zero-order valence-electron chi connectivity index (χ0n) is 19.7. The first-order valence-electron chi connectivity index (χ1n) is 11.1. The van der Waals surface area contributed by atoms with Crippen molar-refractivity contribution in [3.05, 3.63) is 53.6 Å². The van der Waals surface area contributed by atoms with Crippen molar-refractivity contribution in [2.24, 2.45) is 16.6 Å². The first-order valence-corrected chi connectivity index (χ1v) is 12.5. The van der Waals surface area contributed by atoms with Crippen LogP contribution in [0.1, 0.15) is 64.5 Å². The van der Waals surface area contributed by atoms with Gasteiger partial charge in [-0.25, -0.2) is 0 Å². The third-order valence-corrected chi connectivity index (χ3v) is 7.01. The van der Waals surface area contributed by atoms with E-state index >= 15 is 0 Å². The van der Waals surface area contributed by atoms with Crippen LogP contribution in [-0.4, -0.2) is 29.7 Å². The maximum absolute atomic E-state index is 11.3. The number of amides is 1. The van der Waals surface area contributed by atoms with E-state index in [1.165, 1.54) is 12.1 Å². The Hall–Kier alpha value is -2.71. The first-order chi connectivity index (χ1) is 15.4. The fourth-order valence-electron chi connectivity index (χ4n) is 3.67. The lowest BCUT2D eigenvalue weighted by molar-refractivity contribution is -0.122. The number of rotatable bonds is 8. The average Bonchev–Trinajstić information content (AvgIpc) is 2.97. The van der Waals surface area contributed by atoms with Gasteiger partial charge in [-0.1, -0.05) is 45.7 Å². The monoisotopic (exact) mass is 474 g/mol. The molecule has 7 nitrogen and oxygen atoms in total. The SMILES string of the molecule is CC1=Nc2ccc(S(=O)(=O)O)cc2C1(C)C.CCCCC(CCc1ccc(O)cc1)C(N)=O. The van der Waals surface area contributed by atoms with Crippen molar-refractivity contribution in [2.45, 2.75) is 70.1 Å². The number of phenols is 1. The molecule has 0 bridgehead atoms. The van der Waals surface area contributed by atoms with Crippen LogP contribution < -0.4 is 5.73 Å². The van der Waals surface area contributed by atoms with E-state index in [4.69, 9.17) is 15.4 Å². The molecule has 3 rings (SSSR count). The Balaban J connectivity index is 0.000000234. The molecule has 180 valence electrons. The number of aliphatic imine (C=N–C) groups is 1. The number of phenolic OH excluding ortho intramolecular Hbond substituents is 1. The van der Waals surface area contributed by atoms with Crippen molar-refractivity contribution >= 4 is 27.4 Å². The lowest BCUT2D eigenvalue weighted by Gasteiger charge is -2.20. The minimum Gasteiger partial charge on any atom is -0.508 e. The molecule has 1 heterocycles. The van der Waals surface area contributed by atoms with Crippen LogP contribution in [0.25, 0.3) is 0 Å². The van der Waals surface area contributed by atoms with Gasteiger partial charge in [0.05, 0.1) is 10.6 Å². The van der Waals surface area contributed by atoms with Crippen molar-refractivity contribution in [2.75, 3.05) is 0 Å². The fraction of sp³-hybridized carbons (Fsp3) is 0.440. The number of unbranched alkanes of at least 4 members (excludes halogenated alkanes) is 1. The van der Waals surface area contributed by atoms with Crippen molar-refractivity contribution in [3.8, 4) is 5.75 Å². The number of fused-ring (bicyclic) bond motifs is 1. The van der Waals surface area contributed by atoms with Crippen molar-refractivity contribution in [1.82, 2.24) is 0 Å². The minimum atomic E-state index is -4.14. The molecule has 8 heteroatoms. The molecule has 0 radical (unpaired) electrons. The molecule has 1 aliphatic rings. The molecule has 0 spiro atoms. The van der Waals surface area contributed by atoms with Crippen molar-refractivity contribution in [1.29, 1.82) is 0 Å². The Labute approximate surface area is 196 Å². The molecule has 1 aliphatic heterocycles. The number of benzene rings is 2. The van der Waals surface area contributed by atoms with Gasteiger partial charge in [0.25, 0.3) is 10.1 Å². The van der Waals surface area contributed by atoms with Crippen LogP contribution >= 0.6 is 0 Å². The molecule has 2 aromatic rings. The second-order valence-electron chi connectivity index (χ2n) is 8.92. The van der Waals surface area contributed by atoms with E-state index < -0.39 is 10.1 Å². The Morgan fingerprint density at radius 1 is 1.12 bits per heavy atom. The Morgan fingerprint density at radius 3 is 2.30 bits per heavy atom. The third-order valence-electron chi connectivity index (χ3n) is 6.16. The van der Waals surface area contributed by atoms with Gasteiger partial charge in [0, 0.05) is 17.0 Å². The van der Waals surface area contributed by atoms with E-state index in [1.54, 1.807) is 18.2 Å². The predicted molar refractivity (Wildman–Crippen MR) is 131 cm³/mol. The van der Waals surface area contributed by atoms with E-state index in [0.717, 1.165) is 54.6 Å². The van der Waals surface area contributed by atoms with E-state index in [9.17, 15) is 13.2 Å². The van der Waals surface area contributed by atoms with Gasteiger partial charge in [-0.05, 0) is 67.6 Å². The Morgan fingerprint density at radius 2 is 1.76 bits per heavy atom. The van der Waals surface area contributed by atoms with Crippen LogP contribution in [0.2, 0.25) is 0 Å². The molecule has 0 aliphatic carbocycles. The highest BCUT2D eigenvalue weighted by atomic mass is 32.2. The summed E-state index contributed by atoms with van der Waals surface area (Å²) in [6.07, 6.45) is 4.63.